The Morgan fingerprint density at radius 3 is 2.71 bits per heavy atom. The number of esters is 1. The predicted octanol–water partition coefficient (Wildman–Crippen LogP) is 4.24. The van der Waals surface area contributed by atoms with E-state index in [2.05, 4.69) is 19.9 Å². The molecule has 4 aliphatic rings. The molecule has 134 valence electrons. The third-order valence-electron chi connectivity index (χ3n) is 8.30. The van der Waals surface area contributed by atoms with Crippen LogP contribution in [0.4, 0.5) is 0 Å². The van der Waals surface area contributed by atoms with E-state index in [0.717, 1.165) is 43.9 Å². The number of rotatable bonds is 1. The van der Waals surface area contributed by atoms with Gasteiger partial charge in [-0.05, 0) is 74.5 Å². The fourth-order valence-corrected chi connectivity index (χ4v) is 6.99. The van der Waals surface area contributed by atoms with Gasteiger partial charge >= 0.3 is 5.97 Å². The topological polar surface area (TPSA) is 46.5 Å². The van der Waals surface area contributed by atoms with E-state index in [-0.39, 0.29) is 23.6 Å². The van der Waals surface area contributed by atoms with Gasteiger partial charge in [0.2, 0.25) is 0 Å². The zero-order valence-corrected chi connectivity index (χ0v) is 15.4. The zero-order chi connectivity index (χ0) is 17.1. The Balaban J connectivity index is 1.62. The van der Waals surface area contributed by atoms with Crippen molar-refractivity contribution in [3.8, 4) is 0 Å². The van der Waals surface area contributed by atoms with Crippen LogP contribution in [0.5, 0.6) is 0 Å². The van der Waals surface area contributed by atoms with Gasteiger partial charge < -0.3 is 9.84 Å². The van der Waals surface area contributed by atoms with Gasteiger partial charge in [-0.2, -0.15) is 0 Å². The third-order valence-corrected chi connectivity index (χ3v) is 8.30. The van der Waals surface area contributed by atoms with Crippen molar-refractivity contribution in [2.75, 3.05) is 0 Å². The molecule has 24 heavy (non-hydrogen) atoms. The minimum Gasteiger partial charge on any atom is -0.462 e. The van der Waals surface area contributed by atoms with Gasteiger partial charge in [0, 0.05) is 12.3 Å². The average Bonchev–Trinajstić information content (AvgIpc) is 2.84. The summed E-state index contributed by atoms with van der Waals surface area (Å²) in [6, 6.07) is 0. The number of fused-ring (bicyclic) bond motifs is 5. The third kappa shape index (κ3) is 2.30. The molecular weight excluding hydrogens is 300 g/mol. The molecule has 0 saturated heterocycles. The van der Waals surface area contributed by atoms with Crippen molar-refractivity contribution in [2.24, 2.45) is 28.6 Å². The molecule has 0 aromatic carbocycles. The molecule has 0 spiro atoms. The normalized spacial score (nSPS) is 50.3. The summed E-state index contributed by atoms with van der Waals surface area (Å²) in [5.41, 5.74) is 1.99. The Morgan fingerprint density at radius 1 is 1.17 bits per heavy atom. The first-order chi connectivity index (χ1) is 11.3. The first kappa shape index (κ1) is 16.6. The first-order valence-electron chi connectivity index (χ1n) is 9.89. The SMILES string of the molecule is CC(=O)O[C@H]1CCC2C3CC=C4C[C@@H](O)CC[C@]4(C)C3CC[C@@]21C. The highest BCUT2D eigenvalue weighted by atomic mass is 16.5. The largest absolute Gasteiger partial charge is 0.462 e. The van der Waals surface area contributed by atoms with E-state index in [1.165, 1.54) is 24.8 Å². The Hall–Kier alpha value is -0.830. The van der Waals surface area contributed by atoms with E-state index in [1.807, 2.05) is 0 Å². The van der Waals surface area contributed by atoms with Crippen molar-refractivity contribution in [3.05, 3.63) is 11.6 Å². The van der Waals surface area contributed by atoms with Crippen LogP contribution in [0.3, 0.4) is 0 Å². The van der Waals surface area contributed by atoms with Crippen LogP contribution in [0.25, 0.3) is 0 Å². The number of aliphatic hydroxyl groups is 1. The molecule has 0 heterocycles. The molecule has 4 rings (SSSR count). The number of hydrogen-bond donors (Lipinski definition) is 1. The summed E-state index contributed by atoms with van der Waals surface area (Å²) in [7, 11) is 0. The van der Waals surface area contributed by atoms with Crippen LogP contribution in [-0.2, 0) is 9.53 Å². The van der Waals surface area contributed by atoms with Crippen LogP contribution in [0, 0.1) is 28.6 Å². The number of ether oxygens (including phenoxy) is 1. The number of carbonyl (C=O) groups excluding carboxylic acids is 1. The summed E-state index contributed by atoms with van der Waals surface area (Å²) >= 11 is 0. The summed E-state index contributed by atoms with van der Waals surface area (Å²) in [4.78, 5) is 11.5. The predicted molar refractivity (Wildman–Crippen MR) is 93.3 cm³/mol. The summed E-state index contributed by atoms with van der Waals surface area (Å²) in [6.45, 7) is 6.38. The smallest absolute Gasteiger partial charge is 0.302 e. The summed E-state index contributed by atoms with van der Waals surface area (Å²) < 4.78 is 5.72. The average molecular weight is 332 g/mol. The number of carbonyl (C=O) groups is 1. The lowest BCUT2D eigenvalue weighted by Crippen LogP contribution is -2.51. The Labute approximate surface area is 145 Å². The van der Waals surface area contributed by atoms with Gasteiger partial charge in [0.05, 0.1) is 6.10 Å². The fraction of sp³-hybridized carbons (Fsp3) is 0.857. The molecule has 0 amide bonds. The number of hydrogen-bond acceptors (Lipinski definition) is 3. The number of allylic oxidation sites excluding steroid dienone is 1. The molecule has 0 aliphatic heterocycles. The minimum absolute atomic E-state index is 0.118. The van der Waals surface area contributed by atoms with E-state index in [4.69, 9.17) is 4.74 Å². The maximum Gasteiger partial charge on any atom is 0.302 e. The number of aliphatic hydroxyl groups excluding tert-OH is 1. The Morgan fingerprint density at radius 2 is 1.96 bits per heavy atom. The molecule has 1 N–H and O–H groups in total. The van der Waals surface area contributed by atoms with Gasteiger partial charge in [0.1, 0.15) is 6.10 Å². The Bertz CT molecular complexity index is 567. The second-order valence-electron chi connectivity index (χ2n) is 9.38. The molecule has 3 heteroatoms. The molecule has 0 bridgehead atoms. The van der Waals surface area contributed by atoms with Crippen LogP contribution in [-0.4, -0.2) is 23.3 Å². The molecule has 3 unspecified atom stereocenters. The highest BCUT2D eigenvalue weighted by Gasteiger charge is 2.59. The van der Waals surface area contributed by atoms with E-state index in [9.17, 15) is 9.90 Å². The van der Waals surface area contributed by atoms with Crippen molar-refractivity contribution in [3.63, 3.8) is 0 Å². The van der Waals surface area contributed by atoms with Gasteiger partial charge in [-0.1, -0.05) is 25.5 Å². The first-order valence-corrected chi connectivity index (χ1v) is 9.89. The van der Waals surface area contributed by atoms with E-state index in [0.29, 0.717) is 11.3 Å². The quantitative estimate of drug-likeness (QED) is 0.577. The second-order valence-corrected chi connectivity index (χ2v) is 9.38. The van der Waals surface area contributed by atoms with E-state index < -0.39 is 0 Å². The highest BCUT2D eigenvalue weighted by molar-refractivity contribution is 5.66. The Kier molecular flexibility index (Phi) is 3.87. The molecule has 0 radical (unpaired) electrons. The van der Waals surface area contributed by atoms with Gasteiger partial charge in [-0.15, -0.1) is 0 Å². The van der Waals surface area contributed by atoms with Crippen molar-refractivity contribution < 1.29 is 14.6 Å². The summed E-state index contributed by atoms with van der Waals surface area (Å²) in [6.07, 6.45) is 11.3. The molecule has 0 aromatic heterocycles. The maximum absolute atomic E-state index is 11.5. The highest BCUT2D eigenvalue weighted by Crippen LogP contribution is 2.65. The lowest BCUT2D eigenvalue weighted by molar-refractivity contribution is -0.156. The van der Waals surface area contributed by atoms with Crippen LogP contribution in [0.2, 0.25) is 0 Å². The van der Waals surface area contributed by atoms with Gasteiger partial charge in [-0.3, -0.25) is 4.79 Å². The summed E-state index contributed by atoms with van der Waals surface area (Å²) in [5, 5.41) is 10.1. The molecule has 3 saturated carbocycles. The van der Waals surface area contributed by atoms with Crippen LogP contribution >= 0.6 is 0 Å². The van der Waals surface area contributed by atoms with E-state index >= 15 is 0 Å². The fourth-order valence-electron chi connectivity index (χ4n) is 6.99. The van der Waals surface area contributed by atoms with Gasteiger partial charge in [-0.25, -0.2) is 0 Å². The molecule has 0 aromatic rings. The van der Waals surface area contributed by atoms with Crippen LogP contribution < -0.4 is 0 Å². The van der Waals surface area contributed by atoms with Crippen molar-refractivity contribution in [1.29, 1.82) is 0 Å². The monoisotopic (exact) mass is 332 g/mol. The standard InChI is InChI=1S/C21H32O3/c1-13(22)24-19-7-6-17-16-5-4-14-12-15(23)8-10-20(14,2)18(16)9-11-21(17,19)3/h4,15-19,23H,5-12H2,1-3H3/t15-,16?,17?,18?,19-,20-,21-/m0/s1. The molecule has 7 atom stereocenters. The molecule has 3 nitrogen and oxygen atoms in total. The maximum atomic E-state index is 11.5. The molecule has 4 aliphatic carbocycles. The van der Waals surface area contributed by atoms with Crippen molar-refractivity contribution >= 4 is 5.97 Å². The molecular formula is C21H32O3. The van der Waals surface area contributed by atoms with Crippen LogP contribution in [0.1, 0.15) is 72.1 Å². The minimum atomic E-state index is -0.130. The lowest BCUT2D eigenvalue weighted by atomic mass is 9.48. The summed E-state index contributed by atoms with van der Waals surface area (Å²) in [5.74, 6) is 2.04. The van der Waals surface area contributed by atoms with Crippen molar-refractivity contribution in [1.82, 2.24) is 0 Å². The lowest BCUT2D eigenvalue weighted by Gasteiger charge is -2.57. The van der Waals surface area contributed by atoms with Crippen LogP contribution in [0.15, 0.2) is 11.6 Å². The molecule has 3 fully saturated rings. The van der Waals surface area contributed by atoms with Crippen molar-refractivity contribution in [2.45, 2.75) is 84.3 Å². The zero-order valence-electron chi connectivity index (χ0n) is 15.4. The van der Waals surface area contributed by atoms with Gasteiger partial charge in [0.25, 0.3) is 0 Å². The van der Waals surface area contributed by atoms with E-state index in [1.54, 1.807) is 6.92 Å². The second kappa shape index (κ2) is 5.59. The van der Waals surface area contributed by atoms with Gasteiger partial charge in [0.15, 0.2) is 0 Å².